The van der Waals surface area contributed by atoms with Crippen molar-refractivity contribution in [2.24, 2.45) is 0 Å². The number of imide groups is 1. The van der Waals surface area contributed by atoms with E-state index < -0.39 is 24.4 Å². The van der Waals surface area contributed by atoms with Crippen LogP contribution in [-0.2, 0) is 22.6 Å². The second-order valence-electron chi connectivity index (χ2n) is 9.27. The van der Waals surface area contributed by atoms with Gasteiger partial charge in [-0.05, 0) is 79.4 Å². The number of carbonyl (C=O) groups is 3. The van der Waals surface area contributed by atoms with Gasteiger partial charge in [-0.25, -0.2) is 9.69 Å². The highest BCUT2D eigenvalue weighted by atomic mass is 35.5. The molecule has 2 N–H and O–H groups in total. The fourth-order valence-electron chi connectivity index (χ4n) is 4.23. The Kier molecular flexibility index (Phi) is 9.70. The fourth-order valence-corrected chi connectivity index (χ4v) is 4.55. The van der Waals surface area contributed by atoms with Gasteiger partial charge < -0.3 is 20.1 Å². The molecule has 0 aliphatic carbocycles. The SMILES string of the molecule is C=CCc1cc(/C=C2/NC(=O)N(CC(=O)Nc3cccc(C)c3)C2=O)cc(OCC)c1OCc1ccc(Cl)c(Cl)c1. The second kappa shape index (κ2) is 13.4. The summed E-state index contributed by atoms with van der Waals surface area (Å²) in [6.07, 6.45) is 3.72. The third kappa shape index (κ3) is 7.48. The van der Waals surface area contributed by atoms with Crippen LogP contribution in [0.2, 0.25) is 10.0 Å². The Hall–Kier alpha value is -4.27. The third-order valence-corrected chi connectivity index (χ3v) is 6.80. The van der Waals surface area contributed by atoms with Crippen LogP contribution in [0, 0.1) is 6.92 Å². The van der Waals surface area contributed by atoms with Crippen LogP contribution in [0.1, 0.15) is 29.2 Å². The summed E-state index contributed by atoms with van der Waals surface area (Å²) in [5.74, 6) is -0.116. The first-order chi connectivity index (χ1) is 19.7. The zero-order valence-corrected chi connectivity index (χ0v) is 24.1. The van der Waals surface area contributed by atoms with E-state index in [1.165, 1.54) is 6.08 Å². The van der Waals surface area contributed by atoms with Crippen LogP contribution < -0.4 is 20.1 Å². The molecule has 1 saturated heterocycles. The maximum atomic E-state index is 13.1. The molecule has 0 saturated carbocycles. The number of anilines is 1. The van der Waals surface area contributed by atoms with Crippen molar-refractivity contribution in [1.29, 1.82) is 0 Å². The van der Waals surface area contributed by atoms with Crippen molar-refractivity contribution in [2.75, 3.05) is 18.5 Å². The zero-order chi connectivity index (χ0) is 29.5. The van der Waals surface area contributed by atoms with E-state index in [1.54, 1.807) is 42.5 Å². The Morgan fingerprint density at radius 1 is 1.07 bits per heavy atom. The predicted molar refractivity (Wildman–Crippen MR) is 160 cm³/mol. The number of allylic oxidation sites excluding steroid dienone is 1. The number of rotatable bonds is 11. The molecule has 10 heteroatoms. The topological polar surface area (TPSA) is 97.0 Å². The predicted octanol–water partition coefficient (Wildman–Crippen LogP) is 6.54. The number of hydrogen-bond donors (Lipinski definition) is 2. The van der Waals surface area contributed by atoms with Gasteiger partial charge >= 0.3 is 6.03 Å². The molecule has 1 heterocycles. The summed E-state index contributed by atoms with van der Waals surface area (Å²) in [7, 11) is 0. The number of halogens is 2. The van der Waals surface area contributed by atoms with Crippen molar-refractivity contribution < 1.29 is 23.9 Å². The first-order valence-corrected chi connectivity index (χ1v) is 13.6. The summed E-state index contributed by atoms with van der Waals surface area (Å²) in [6.45, 7) is 7.75. The molecule has 3 aromatic carbocycles. The van der Waals surface area contributed by atoms with Gasteiger partial charge in [0, 0.05) is 11.3 Å². The Bertz CT molecular complexity index is 1540. The molecule has 1 aliphatic heterocycles. The molecule has 0 aromatic heterocycles. The van der Waals surface area contributed by atoms with Crippen LogP contribution in [0.15, 0.2) is 72.9 Å². The van der Waals surface area contributed by atoms with Crippen LogP contribution in [0.4, 0.5) is 10.5 Å². The van der Waals surface area contributed by atoms with E-state index in [1.807, 2.05) is 32.0 Å². The van der Waals surface area contributed by atoms with Gasteiger partial charge in [-0.3, -0.25) is 9.59 Å². The minimum Gasteiger partial charge on any atom is -0.490 e. The lowest BCUT2D eigenvalue weighted by molar-refractivity contribution is -0.127. The maximum Gasteiger partial charge on any atom is 0.329 e. The van der Waals surface area contributed by atoms with Gasteiger partial charge in [-0.15, -0.1) is 6.58 Å². The molecule has 0 spiro atoms. The molecular formula is C31H29Cl2N3O5. The molecule has 0 bridgehead atoms. The van der Waals surface area contributed by atoms with Crippen LogP contribution in [0.25, 0.3) is 6.08 Å². The molecule has 1 aliphatic rings. The number of amides is 4. The van der Waals surface area contributed by atoms with Crippen molar-refractivity contribution in [3.05, 3.63) is 105 Å². The molecule has 41 heavy (non-hydrogen) atoms. The third-order valence-electron chi connectivity index (χ3n) is 6.06. The first-order valence-electron chi connectivity index (χ1n) is 12.9. The van der Waals surface area contributed by atoms with E-state index >= 15 is 0 Å². The lowest BCUT2D eigenvalue weighted by Gasteiger charge is -2.17. The van der Waals surface area contributed by atoms with Gasteiger partial charge in [0.2, 0.25) is 5.91 Å². The molecule has 0 unspecified atom stereocenters. The lowest BCUT2D eigenvalue weighted by Crippen LogP contribution is -2.38. The summed E-state index contributed by atoms with van der Waals surface area (Å²) in [5.41, 5.74) is 3.78. The Morgan fingerprint density at radius 3 is 2.59 bits per heavy atom. The number of nitrogens with one attached hydrogen (secondary N) is 2. The van der Waals surface area contributed by atoms with Gasteiger partial charge in [-0.1, -0.05) is 47.5 Å². The molecule has 8 nitrogen and oxygen atoms in total. The molecule has 0 radical (unpaired) electrons. The van der Waals surface area contributed by atoms with Crippen molar-refractivity contribution >= 4 is 52.8 Å². The van der Waals surface area contributed by atoms with Crippen molar-refractivity contribution in [1.82, 2.24) is 10.2 Å². The Morgan fingerprint density at radius 2 is 1.88 bits per heavy atom. The maximum absolute atomic E-state index is 13.1. The molecule has 4 rings (SSSR count). The highest BCUT2D eigenvalue weighted by molar-refractivity contribution is 6.42. The number of aryl methyl sites for hydroxylation is 1. The van der Waals surface area contributed by atoms with Gasteiger partial charge in [0.1, 0.15) is 18.8 Å². The summed E-state index contributed by atoms with van der Waals surface area (Å²) in [4.78, 5) is 39.1. The number of benzene rings is 3. The lowest BCUT2D eigenvalue weighted by atomic mass is 10.0. The largest absolute Gasteiger partial charge is 0.490 e. The number of hydrogen-bond acceptors (Lipinski definition) is 5. The highest BCUT2D eigenvalue weighted by Crippen LogP contribution is 2.36. The monoisotopic (exact) mass is 593 g/mol. The van der Waals surface area contributed by atoms with Crippen LogP contribution >= 0.6 is 23.2 Å². The molecule has 0 atom stereocenters. The molecule has 4 amide bonds. The standard InChI is InChI=1S/C31H29Cl2N3O5/c1-4-7-22-13-21(16-27(40-5-2)29(22)41-18-20-10-11-24(32)25(33)14-20)15-26-30(38)36(31(39)35-26)17-28(37)34-23-9-6-8-19(3)12-23/h4,6,8-16H,1,5,7,17-18H2,2-3H3,(H,34,37)(H,35,39)/b26-15+. The zero-order valence-electron chi connectivity index (χ0n) is 22.6. The smallest absolute Gasteiger partial charge is 0.329 e. The Balaban J connectivity index is 1.55. The minimum atomic E-state index is -0.682. The van der Waals surface area contributed by atoms with Gasteiger partial charge in [-0.2, -0.15) is 0 Å². The average molecular weight is 594 g/mol. The van der Waals surface area contributed by atoms with E-state index in [2.05, 4.69) is 17.2 Å². The van der Waals surface area contributed by atoms with Crippen LogP contribution in [-0.4, -0.2) is 35.9 Å². The summed E-state index contributed by atoms with van der Waals surface area (Å²) < 4.78 is 12.0. The van der Waals surface area contributed by atoms with Crippen molar-refractivity contribution in [3.8, 4) is 11.5 Å². The van der Waals surface area contributed by atoms with E-state index in [0.717, 1.165) is 21.6 Å². The van der Waals surface area contributed by atoms with E-state index in [4.69, 9.17) is 32.7 Å². The van der Waals surface area contributed by atoms with Gasteiger partial charge in [0.05, 0.1) is 16.7 Å². The molecule has 3 aromatic rings. The van der Waals surface area contributed by atoms with Crippen LogP contribution in [0.3, 0.4) is 0 Å². The van der Waals surface area contributed by atoms with E-state index in [0.29, 0.717) is 45.8 Å². The van der Waals surface area contributed by atoms with Crippen LogP contribution in [0.5, 0.6) is 11.5 Å². The van der Waals surface area contributed by atoms with Crippen molar-refractivity contribution in [2.45, 2.75) is 26.9 Å². The summed E-state index contributed by atoms with van der Waals surface area (Å²) in [5, 5.41) is 6.15. The quantitative estimate of drug-likeness (QED) is 0.149. The number of nitrogens with zero attached hydrogens (tertiary/aromatic N) is 1. The second-order valence-corrected chi connectivity index (χ2v) is 10.1. The number of urea groups is 1. The average Bonchev–Trinajstić information content (AvgIpc) is 3.17. The van der Waals surface area contributed by atoms with E-state index in [9.17, 15) is 14.4 Å². The normalized spacial score (nSPS) is 13.8. The minimum absolute atomic E-state index is 0.0369. The highest BCUT2D eigenvalue weighted by Gasteiger charge is 2.35. The molecular weight excluding hydrogens is 565 g/mol. The summed E-state index contributed by atoms with van der Waals surface area (Å²) >= 11 is 12.2. The Labute approximate surface area is 248 Å². The number of ether oxygens (including phenoxy) is 2. The van der Waals surface area contributed by atoms with Gasteiger partial charge in [0.25, 0.3) is 5.91 Å². The summed E-state index contributed by atoms with van der Waals surface area (Å²) in [6, 6.07) is 15.4. The molecule has 212 valence electrons. The number of carbonyl (C=O) groups excluding carboxylic acids is 3. The molecule has 1 fully saturated rings. The first kappa shape index (κ1) is 29.7. The van der Waals surface area contributed by atoms with E-state index in [-0.39, 0.29) is 12.3 Å². The fraction of sp³-hybridized carbons (Fsp3) is 0.194. The van der Waals surface area contributed by atoms with Gasteiger partial charge in [0.15, 0.2) is 11.5 Å². The van der Waals surface area contributed by atoms with Crippen molar-refractivity contribution in [3.63, 3.8) is 0 Å².